The number of aliphatic hydroxyl groups excluding tert-OH is 1. The van der Waals surface area contributed by atoms with Crippen molar-refractivity contribution in [3.63, 3.8) is 0 Å². The van der Waals surface area contributed by atoms with Crippen LogP contribution in [0, 0.1) is 5.41 Å². The van der Waals surface area contributed by atoms with Gasteiger partial charge in [-0.2, -0.15) is 0 Å². The second-order valence-electron chi connectivity index (χ2n) is 16.6. The predicted molar refractivity (Wildman–Crippen MR) is 218 cm³/mol. The molecule has 2 amide bonds. The van der Waals surface area contributed by atoms with Crippen LogP contribution in [0.5, 0.6) is 0 Å². The van der Waals surface area contributed by atoms with E-state index in [0.717, 1.165) is 33.4 Å². The maximum absolute atomic E-state index is 14.7. The van der Waals surface area contributed by atoms with Gasteiger partial charge in [-0.05, 0) is 112 Å². The van der Waals surface area contributed by atoms with E-state index in [9.17, 15) is 28.3 Å². The molecule has 0 bridgehead atoms. The van der Waals surface area contributed by atoms with Gasteiger partial charge in [0.05, 0.1) is 24.6 Å². The lowest BCUT2D eigenvalue weighted by atomic mass is 9.84. The molecule has 58 heavy (non-hydrogen) atoms. The number of carbonyl (C=O) groups is 3. The summed E-state index contributed by atoms with van der Waals surface area (Å²) in [7, 11) is 2.90. The number of pyridine rings is 1. The zero-order valence-corrected chi connectivity index (χ0v) is 34.9. The van der Waals surface area contributed by atoms with Gasteiger partial charge in [-0.15, -0.1) is 0 Å². The molecule has 14 heteroatoms. The lowest BCUT2D eigenvalue weighted by Crippen LogP contribution is -2.60. The molecule has 0 saturated carbocycles. The number of alkyl halides is 2. The van der Waals surface area contributed by atoms with Gasteiger partial charge in [-0.1, -0.05) is 32.0 Å². The number of nitrogens with one attached hydrogen (secondary N) is 2. The summed E-state index contributed by atoms with van der Waals surface area (Å²) in [5, 5.41) is 15.3. The van der Waals surface area contributed by atoms with E-state index >= 15 is 0 Å². The molecule has 314 valence electrons. The molecule has 2 aromatic heterocycles. The maximum atomic E-state index is 14.7. The molecule has 12 nitrogen and oxygen atoms in total. The lowest BCUT2D eigenvalue weighted by Gasteiger charge is -2.35. The standard InChI is InChI=1S/C44H57F2N5O7/c1-10-50-36-16-15-28(23-32(36)33(24-44(6,7)25-52)38(50)31-13-11-17-47-37(31)26(2)56-8)29-19-27(20-30(22-29)39(45)46)21-35(48-42(55)58-43(3,4)5)40(53)51-18-12-14-34(49-51)41(54)57-9/h11,13,15-17,19-20,22-23,26,34-35,39,49,52H,10,12,14,18,21,24-25H2,1-9H3,(H,48,55)/t26?,34-,35?/m0/s1. The minimum Gasteiger partial charge on any atom is -0.468 e. The second kappa shape index (κ2) is 18.3. The van der Waals surface area contributed by atoms with Gasteiger partial charge in [-0.3, -0.25) is 19.6 Å². The molecule has 1 aliphatic rings. The van der Waals surface area contributed by atoms with E-state index in [0.29, 0.717) is 42.5 Å². The number of alkyl carbamates (subject to hydrolysis) is 1. The van der Waals surface area contributed by atoms with Gasteiger partial charge in [0, 0.05) is 61.5 Å². The zero-order chi connectivity index (χ0) is 42.5. The highest BCUT2D eigenvalue weighted by molar-refractivity contribution is 5.95. The first-order valence-electron chi connectivity index (χ1n) is 19.7. The number of hydrogen-bond acceptors (Lipinski definition) is 9. The number of methoxy groups -OCH3 is 2. The molecule has 2 unspecified atom stereocenters. The van der Waals surface area contributed by atoms with Crippen molar-refractivity contribution in [2.75, 3.05) is 27.4 Å². The first-order valence-corrected chi connectivity index (χ1v) is 19.7. The summed E-state index contributed by atoms with van der Waals surface area (Å²) in [5.74, 6) is -1.10. The Hall–Kier alpha value is -4.92. The molecular formula is C44H57F2N5O7. The van der Waals surface area contributed by atoms with Crippen LogP contribution in [0.3, 0.4) is 0 Å². The molecule has 0 spiro atoms. The third-order valence-electron chi connectivity index (χ3n) is 10.4. The number of aliphatic hydroxyl groups is 1. The van der Waals surface area contributed by atoms with Crippen molar-refractivity contribution in [2.24, 2.45) is 5.41 Å². The number of benzene rings is 2. The van der Waals surface area contributed by atoms with Crippen molar-refractivity contribution in [1.82, 2.24) is 25.3 Å². The number of aryl methyl sites for hydroxylation is 1. The van der Waals surface area contributed by atoms with Gasteiger partial charge >= 0.3 is 12.1 Å². The van der Waals surface area contributed by atoms with Gasteiger partial charge in [0.1, 0.15) is 17.7 Å². The number of halogens is 2. The third kappa shape index (κ3) is 10.2. The molecule has 3 N–H and O–H groups in total. The molecule has 0 aliphatic carbocycles. The Morgan fingerprint density at radius 2 is 1.79 bits per heavy atom. The fraction of sp³-hybridized carbons (Fsp3) is 0.500. The van der Waals surface area contributed by atoms with E-state index in [1.54, 1.807) is 40.1 Å². The Morgan fingerprint density at radius 1 is 1.05 bits per heavy atom. The number of fused-ring (bicyclic) bond motifs is 1. The largest absolute Gasteiger partial charge is 0.468 e. The van der Waals surface area contributed by atoms with Crippen LogP contribution in [-0.2, 0) is 43.2 Å². The molecule has 0 radical (unpaired) electrons. The molecule has 3 heterocycles. The van der Waals surface area contributed by atoms with Crippen LogP contribution in [0.1, 0.15) is 96.2 Å². The van der Waals surface area contributed by atoms with Crippen molar-refractivity contribution in [3.05, 3.63) is 77.1 Å². The Balaban J connectivity index is 1.64. The Bertz CT molecular complexity index is 2110. The summed E-state index contributed by atoms with van der Waals surface area (Å²) in [6, 6.07) is 12.3. The van der Waals surface area contributed by atoms with Crippen LogP contribution >= 0.6 is 0 Å². The monoisotopic (exact) mass is 805 g/mol. The zero-order valence-electron chi connectivity index (χ0n) is 34.9. The number of amides is 2. The molecule has 1 aliphatic heterocycles. The number of hydrazine groups is 1. The quantitative estimate of drug-likeness (QED) is 0.109. The minimum absolute atomic E-state index is 0.0629. The summed E-state index contributed by atoms with van der Waals surface area (Å²) in [6.07, 6.45) is -0.951. The number of rotatable bonds is 14. The van der Waals surface area contributed by atoms with Crippen LogP contribution in [-0.4, -0.2) is 82.7 Å². The lowest BCUT2D eigenvalue weighted by molar-refractivity contribution is -0.150. The fourth-order valence-corrected chi connectivity index (χ4v) is 7.47. The van der Waals surface area contributed by atoms with Crippen molar-refractivity contribution in [3.8, 4) is 22.4 Å². The van der Waals surface area contributed by atoms with Crippen molar-refractivity contribution in [1.29, 1.82) is 0 Å². The van der Waals surface area contributed by atoms with E-state index in [1.165, 1.54) is 24.3 Å². The van der Waals surface area contributed by atoms with Gasteiger partial charge in [-0.25, -0.2) is 19.0 Å². The molecule has 4 aromatic rings. The van der Waals surface area contributed by atoms with E-state index in [1.807, 2.05) is 51.1 Å². The van der Waals surface area contributed by atoms with Crippen LogP contribution in [0.25, 0.3) is 33.3 Å². The first-order chi connectivity index (χ1) is 27.4. The molecule has 1 saturated heterocycles. The van der Waals surface area contributed by atoms with Crippen molar-refractivity contribution in [2.45, 2.75) is 111 Å². The van der Waals surface area contributed by atoms with Gasteiger partial charge in [0.15, 0.2) is 0 Å². The number of aromatic nitrogens is 2. The molecule has 1 fully saturated rings. The predicted octanol–water partition coefficient (Wildman–Crippen LogP) is 7.70. The first kappa shape index (κ1) is 44.2. The molecule has 2 aromatic carbocycles. The second-order valence-corrected chi connectivity index (χ2v) is 16.6. The van der Waals surface area contributed by atoms with Gasteiger partial charge < -0.3 is 29.2 Å². The average Bonchev–Trinajstić information content (AvgIpc) is 3.50. The van der Waals surface area contributed by atoms with E-state index in [2.05, 4.69) is 22.2 Å². The Labute approximate surface area is 339 Å². The SMILES string of the molecule is CCn1c(-c2cccnc2C(C)OC)c(CC(C)(C)CO)c2cc(-c3cc(CC(NC(=O)OC(C)(C)C)C(=O)N4CCC[C@@H](C(=O)OC)N4)cc(C(F)F)c3)ccc21. The van der Waals surface area contributed by atoms with Crippen LogP contribution in [0.2, 0.25) is 0 Å². The normalized spacial score (nSPS) is 16.0. The van der Waals surface area contributed by atoms with Crippen LogP contribution < -0.4 is 10.7 Å². The number of carbonyl (C=O) groups excluding carboxylic acids is 3. The summed E-state index contributed by atoms with van der Waals surface area (Å²) in [5.41, 5.74) is 7.34. The third-order valence-corrected chi connectivity index (χ3v) is 10.4. The van der Waals surface area contributed by atoms with E-state index < -0.39 is 47.5 Å². The molecule has 5 rings (SSSR count). The topological polar surface area (TPSA) is 144 Å². The summed E-state index contributed by atoms with van der Waals surface area (Å²) < 4.78 is 47.7. The highest BCUT2D eigenvalue weighted by Crippen LogP contribution is 2.42. The van der Waals surface area contributed by atoms with Gasteiger partial charge in [0.25, 0.3) is 12.3 Å². The maximum Gasteiger partial charge on any atom is 0.408 e. The number of nitrogens with zero attached hydrogens (tertiary/aromatic N) is 3. The van der Waals surface area contributed by atoms with Crippen molar-refractivity contribution < 1.29 is 42.5 Å². The number of hydrogen-bond donors (Lipinski definition) is 3. The number of esters is 1. The van der Waals surface area contributed by atoms with Crippen LogP contribution in [0.15, 0.2) is 54.7 Å². The fourth-order valence-electron chi connectivity index (χ4n) is 7.47. The average molecular weight is 806 g/mol. The van der Waals surface area contributed by atoms with Gasteiger partial charge in [0.2, 0.25) is 0 Å². The summed E-state index contributed by atoms with van der Waals surface area (Å²) >= 11 is 0. The number of ether oxygens (including phenoxy) is 3. The highest BCUT2D eigenvalue weighted by atomic mass is 19.3. The highest BCUT2D eigenvalue weighted by Gasteiger charge is 2.34. The van der Waals surface area contributed by atoms with Crippen LogP contribution in [0.4, 0.5) is 13.6 Å². The summed E-state index contributed by atoms with van der Waals surface area (Å²) in [6.45, 7) is 13.9. The van der Waals surface area contributed by atoms with Crippen molar-refractivity contribution >= 4 is 28.9 Å². The minimum atomic E-state index is -2.83. The van der Waals surface area contributed by atoms with E-state index in [-0.39, 0.29) is 31.2 Å². The molecular weight excluding hydrogens is 749 g/mol. The Morgan fingerprint density at radius 3 is 2.43 bits per heavy atom. The van der Waals surface area contributed by atoms with E-state index in [4.69, 9.17) is 19.2 Å². The summed E-state index contributed by atoms with van der Waals surface area (Å²) in [4.78, 5) is 44.2. The Kier molecular flexibility index (Phi) is 14.0. The molecule has 3 atom stereocenters. The smallest absolute Gasteiger partial charge is 0.408 e.